The minimum absolute atomic E-state index is 0.0430. The molecule has 0 bridgehead atoms. The first-order valence-electron chi connectivity index (χ1n) is 12.7. The van der Waals surface area contributed by atoms with Crippen LogP contribution in [0.1, 0.15) is 48.9 Å². The average Bonchev–Trinajstić information content (AvgIpc) is 2.85. The van der Waals surface area contributed by atoms with Crippen molar-refractivity contribution >= 4 is 23.3 Å². The molecule has 1 fully saturated rings. The Morgan fingerprint density at radius 2 is 1.72 bits per heavy atom. The summed E-state index contributed by atoms with van der Waals surface area (Å²) in [6.45, 7) is 8.12. The van der Waals surface area contributed by atoms with E-state index in [4.69, 9.17) is 10.8 Å². The van der Waals surface area contributed by atoms with Crippen molar-refractivity contribution in [1.29, 1.82) is 10.8 Å². The number of likely N-dealkylation sites (N-methyl/N-ethyl adjacent to an activating group) is 2. The van der Waals surface area contributed by atoms with Crippen molar-refractivity contribution < 1.29 is 28.2 Å². The van der Waals surface area contributed by atoms with Gasteiger partial charge in [0.05, 0.1) is 11.1 Å². The molecule has 1 aliphatic heterocycles. The molecule has 2 aromatic carbocycles. The second-order valence-corrected chi connectivity index (χ2v) is 9.89. The van der Waals surface area contributed by atoms with Gasteiger partial charge in [-0.2, -0.15) is 13.2 Å². The molecule has 212 valence electrons. The van der Waals surface area contributed by atoms with Crippen LogP contribution in [-0.4, -0.2) is 77.4 Å². The highest BCUT2D eigenvalue weighted by Crippen LogP contribution is 2.37. The Balaban J connectivity index is 2.11. The normalized spacial score (nSPS) is 14.9. The van der Waals surface area contributed by atoms with Crippen molar-refractivity contribution in [2.45, 2.75) is 39.4 Å². The number of carbonyl (C=O) groups is 1. The van der Waals surface area contributed by atoms with E-state index in [0.29, 0.717) is 18.7 Å². The molecule has 12 heteroatoms. The van der Waals surface area contributed by atoms with Gasteiger partial charge in [-0.3, -0.25) is 25.4 Å². The van der Waals surface area contributed by atoms with Crippen LogP contribution in [0.2, 0.25) is 0 Å². The number of aromatic hydroxyl groups is 2. The summed E-state index contributed by atoms with van der Waals surface area (Å²) >= 11 is 0. The number of carbonyl (C=O) groups excluding carboxylic acids is 1. The van der Waals surface area contributed by atoms with E-state index in [1.807, 2.05) is 11.9 Å². The van der Waals surface area contributed by atoms with Crippen molar-refractivity contribution in [2.24, 2.45) is 0 Å². The Labute approximate surface area is 225 Å². The number of amidine groups is 2. The van der Waals surface area contributed by atoms with Crippen molar-refractivity contribution in [3.63, 3.8) is 0 Å². The summed E-state index contributed by atoms with van der Waals surface area (Å²) in [5.74, 6) is -3.22. The molecule has 2 aromatic rings. The van der Waals surface area contributed by atoms with Gasteiger partial charge in [0.15, 0.2) is 5.84 Å². The lowest BCUT2D eigenvalue weighted by Gasteiger charge is -2.33. The van der Waals surface area contributed by atoms with E-state index in [1.165, 1.54) is 18.2 Å². The van der Waals surface area contributed by atoms with Gasteiger partial charge in [0.25, 0.3) is 5.91 Å². The Morgan fingerprint density at radius 1 is 1.08 bits per heavy atom. The first-order valence-corrected chi connectivity index (χ1v) is 12.7. The van der Waals surface area contributed by atoms with Crippen LogP contribution in [0.5, 0.6) is 11.5 Å². The van der Waals surface area contributed by atoms with E-state index in [9.17, 15) is 28.2 Å². The summed E-state index contributed by atoms with van der Waals surface area (Å²) < 4.78 is 42.8. The van der Waals surface area contributed by atoms with Gasteiger partial charge in [0, 0.05) is 51.0 Å². The SMILES string of the molecule is CCNC(=O)C(=N)N(C(=N)c1cc(C(C)C)c(O)cc1O)c1ccc(CN2CCN(C)CC2)c(C(F)(F)F)c1. The molecule has 39 heavy (non-hydrogen) atoms. The van der Waals surface area contributed by atoms with E-state index < -0.39 is 35.1 Å². The number of phenolic OH excluding ortho intramolecular Hbond substituents is 2. The summed E-state index contributed by atoms with van der Waals surface area (Å²) in [6.07, 6.45) is -4.73. The van der Waals surface area contributed by atoms with Crippen LogP contribution in [0.4, 0.5) is 18.9 Å². The first-order chi connectivity index (χ1) is 18.2. The number of piperazine rings is 1. The summed E-state index contributed by atoms with van der Waals surface area (Å²) in [4.78, 5) is 17.4. The molecule has 0 aromatic heterocycles. The zero-order valence-electron chi connectivity index (χ0n) is 22.5. The van der Waals surface area contributed by atoms with Gasteiger partial charge in [0.1, 0.15) is 17.3 Å². The highest BCUT2D eigenvalue weighted by Gasteiger charge is 2.36. The third kappa shape index (κ3) is 6.87. The van der Waals surface area contributed by atoms with E-state index >= 15 is 0 Å². The lowest BCUT2D eigenvalue weighted by molar-refractivity contribution is -0.138. The van der Waals surface area contributed by atoms with Crippen LogP contribution in [0, 0.1) is 10.8 Å². The number of amides is 1. The molecule has 3 rings (SSSR count). The molecule has 0 spiro atoms. The predicted octanol–water partition coefficient (Wildman–Crippen LogP) is 3.93. The Morgan fingerprint density at radius 3 is 2.28 bits per heavy atom. The second kappa shape index (κ2) is 12.0. The number of benzene rings is 2. The highest BCUT2D eigenvalue weighted by atomic mass is 19.4. The molecule has 1 saturated heterocycles. The molecule has 9 nitrogen and oxygen atoms in total. The van der Waals surface area contributed by atoms with E-state index in [0.717, 1.165) is 30.1 Å². The molecule has 0 unspecified atom stereocenters. The number of alkyl halides is 3. The van der Waals surface area contributed by atoms with Crippen molar-refractivity contribution in [3.05, 3.63) is 52.6 Å². The number of anilines is 1. The fourth-order valence-electron chi connectivity index (χ4n) is 4.43. The Hall–Kier alpha value is -3.64. The zero-order valence-corrected chi connectivity index (χ0v) is 22.5. The number of rotatable bonds is 6. The molecule has 0 atom stereocenters. The van der Waals surface area contributed by atoms with Crippen molar-refractivity contribution in [1.82, 2.24) is 15.1 Å². The third-order valence-corrected chi connectivity index (χ3v) is 6.67. The molecule has 1 heterocycles. The second-order valence-electron chi connectivity index (χ2n) is 9.89. The predicted molar refractivity (Wildman–Crippen MR) is 144 cm³/mol. The van der Waals surface area contributed by atoms with Crippen molar-refractivity contribution in [2.75, 3.05) is 44.7 Å². The summed E-state index contributed by atoms with van der Waals surface area (Å²) in [7, 11) is 1.95. The lowest BCUT2D eigenvalue weighted by Crippen LogP contribution is -2.46. The van der Waals surface area contributed by atoms with Gasteiger partial charge in [-0.25, -0.2) is 0 Å². The van der Waals surface area contributed by atoms with Gasteiger partial charge in [-0.1, -0.05) is 19.9 Å². The monoisotopic (exact) mass is 548 g/mol. The number of hydrogen-bond acceptors (Lipinski definition) is 7. The van der Waals surface area contributed by atoms with Gasteiger partial charge in [0.2, 0.25) is 0 Å². The minimum Gasteiger partial charge on any atom is -0.508 e. The largest absolute Gasteiger partial charge is 0.508 e. The topological polar surface area (TPSA) is 127 Å². The van der Waals surface area contributed by atoms with Crippen LogP contribution in [0.15, 0.2) is 30.3 Å². The van der Waals surface area contributed by atoms with Gasteiger partial charge in [-0.05, 0) is 49.2 Å². The van der Waals surface area contributed by atoms with E-state index in [1.54, 1.807) is 20.8 Å². The molecule has 1 amide bonds. The van der Waals surface area contributed by atoms with Gasteiger partial charge in [-0.15, -0.1) is 0 Å². The Bertz CT molecular complexity index is 1240. The number of phenols is 2. The number of nitrogens with zero attached hydrogens (tertiary/aromatic N) is 3. The minimum atomic E-state index is -4.73. The maximum absolute atomic E-state index is 14.3. The molecule has 0 aliphatic carbocycles. The number of nitrogens with one attached hydrogen (secondary N) is 3. The van der Waals surface area contributed by atoms with Gasteiger partial charge < -0.3 is 20.4 Å². The van der Waals surface area contributed by atoms with Crippen molar-refractivity contribution in [3.8, 4) is 11.5 Å². The Kier molecular flexibility index (Phi) is 9.23. The maximum atomic E-state index is 14.3. The fraction of sp³-hybridized carbons (Fsp3) is 0.444. The average molecular weight is 549 g/mol. The zero-order chi connectivity index (χ0) is 29.1. The van der Waals surface area contributed by atoms with E-state index in [-0.39, 0.29) is 41.6 Å². The van der Waals surface area contributed by atoms with Crippen LogP contribution in [0.25, 0.3) is 0 Å². The fourth-order valence-corrected chi connectivity index (χ4v) is 4.43. The molecule has 5 N–H and O–H groups in total. The van der Waals surface area contributed by atoms with E-state index in [2.05, 4.69) is 10.2 Å². The summed E-state index contributed by atoms with van der Waals surface area (Å²) in [5.41, 5.74) is -0.889. The first kappa shape index (κ1) is 29.9. The third-order valence-electron chi connectivity index (χ3n) is 6.67. The molecule has 0 saturated carbocycles. The van der Waals surface area contributed by atoms with Gasteiger partial charge >= 0.3 is 6.18 Å². The summed E-state index contributed by atoms with van der Waals surface area (Å²) in [6, 6.07) is 5.84. The molecular formula is C27H35F3N6O3. The number of hydrogen-bond donors (Lipinski definition) is 5. The quantitative estimate of drug-likeness (QED) is 0.275. The molecule has 0 radical (unpaired) electrons. The standard InChI is InChI=1S/C27H35F3N6O3/c1-5-33-26(39)25(32)36(24(31)20-13-19(16(2)3)22(37)14-23(20)38)18-7-6-17(21(12-18)27(28,29)30)15-35-10-8-34(4)9-11-35/h6-7,12-14,16,31-32,37-38H,5,8-11,15H2,1-4H3,(H,33,39). The molecule has 1 aliphatic rings. The van der Waals surface area contributed by atoms with Crippen LogP contribution in [0.3, 0.4) is 0 Å². The summed E-state index contributed by atoms with van der Waals surface area (Å²) in [5, 5.41) is 40.5. The van der Waals surface area contributed by atoms with Crippen LogP contribution < -0.4 is 10.2 Å². The molecular weight excluding hydrogens is 513 g/mol. The number of halogens is 3. The van der Waals surface area contributed by atoms with Crippen LogP contribution in [-0.2, 0) is 17.5 Å². The lowest BCUT2D eigenvalue weighted by atomic mass is 9.97. The highest BCUT2D eigenvalue weighted by molar-refractivity contribution is 6.48. The van der Waals surface area contributed by atoms with Crippen LogP contribution >= 0.6 is 0 Å². The smallest absolute Gasteiger partial charge is 0.416 e. The maximum Gasteiger partial charge on any atom is 0.416 e.